The van der Waals surface area contributed by atoms with Crippen molar-refractivity contribution in [1.82, 2.24) is 4.98 Å². The van der Waals surface area contributed by atoms with Gasteiger partial charge in [-0.2, -0.15) is 13.2 Å². The highest BCUT2D eigenvalue weighted by molar-refractivity contribution is 5.70. The van der Waals surface area contributed by atoms with Gasteiger partial charge in [-0.25, -0.2) is 0 Å². The molecular weight excluding hydrogens is 215 g/mol. The quantitative estimate of drug-likeness (QED) is 0.783. The number of carboxylic acids is 1. The van der Waals surface area contributed by atoms with Crippen LogP contribution in [0.4, 0.5) is 13.2 Å². The largest absolute Gasteiger partial charge is 0.481 e. The third-order valence-electron chi connectivity index (χ3n) is 1.70. The summed E-state index contributed by atoms with van der Waals surface area (Å²) in [5.41, 5.74) is -3.03. The lowest BCUT2D eigenvalue weighted by molar-refractivity contribution is -0.139. The van der Waals surface area contributed by atoms with Crippen molar-refractivity contribution in [1.29, 1.82) is 0 Å². The van der Waals surface area contributed by atoms with Crippen LogP contribution in [0.15, 0.2) is 17.1 Å². The van der Waals surface area contributed by atoms with Gasteiger partial charge in [0.25, 0.3) is 5.56 Å². The van der Waals surface area contributed by atoms with Crippen molar-refractivity contribution in [2.75, 3.05) is 0 Å². The molecule has 0 aromatic carbocycles. The van der Waals surface area contributed by atoms with Crippen LogP contribution < -0.4 is 5.56 Å². The highest BCUT2D eigenvalue weighted by Gasteiger charge is 2.34. The maximum absolute atomic E-state index is 12.3. The number of hydrogen-bond acceptors (Lipinski definition) is 2. The Hall–Kier alpha value is -1.79. The van der Waals surface area contributed by atoms with E-state index < -0.39 is 35.3 Å². The number of hydrogen-bond donors (Lipinski definition) is 2. The maximum Gasteiger partial charge on any atom is 0.416 e. The van der Waals surface area contributed by atoms with Gasteiger partial charge in [0.05, 0.1) is 12.0 Å². The predicted octanol–water partition coefficient (Wildman–Crippen LogP) is 1.02. The molecule has 1 rings (SSSR count). The summed E-state index contributed by atoms with van der Waals surface area (Å²) in [7, 11) is 0. The summed E-state index contributed by atoms with van der Waals surface area (Å²) in [4.78, 5) is 23.3. The average Bonchev–Trinajstić information content (AvgIpc) is 2.05. The first-order chi connectivity index (χ1) is 6.82. The van der Waals surface area contributed by atoms with Crippen LogP contribution in [0.1, 0.15) is 11.1 Å². The molecule has 0 bridgehead atoms. The molecule has 0 amide bonds. The normalized spacial score (nSPS) is 11.4. The summed E-state index contributed by atoms with van der Waals surface area (Å²) >= 11 is 0. The molecule has 0 radical (unpaired) electrons. The van der Waals surface area contributed by atoms with Crippen LogP contribution in [0.2, 0.25) is 0 Å². The third kappa shape index (κ3) is 2.58. The minimum Gasteiger partial charge on any atom is -0.481 e. The standard InChI is InChI=1S/C8H6F3NO3/c9-8(10,11)5-1-2-12-7(15)4(5)3-6(13)14/h1-2H,3H2,(H,12,15)(H,13,14). The van der Waals surface area contributed by atoms with Crippen molar-refractivity contribution in [2.45, 2.75) is 12.6 Å². The second-order valence-electron chi connectivity index (χ2n) is 2.77. The molecule has 4 nitrogen and oxygen atoms in total. The van der Waals surface area contributed by atoms with Crippen LogP contribution in [0.25, 0.3) is 0 Å². The van der Waals surface area contributed by atoms with Crippen LogP contribution in [-0.2, 0) is 17.4 Å². The number of nitrogens with one attached hydrogen (secondary N) is 1. The molecule has 0 aliphatic carbocycles. The third-order valence-corrected chi connectivity index (χ3v) is 1.70. The second kappa shape index (κ2) is 3.76. The Bertz CT molecular complexity index is 435. The molecule has 0 saturated heterocycles. The monoisotopic (exact) mass is 221 g/mol. The topological polar surface area (TPSA) is 70.2 Å². The maximum atomic E-state index is 12.3. The zero-order valence-corrected chi connectivity index (χ0v) is 7.26. The zero-order valence-electron chi connectivity index (χ0n) is 7.26. The Morgan fingerprint density at radius 2 is 2.07 bits per heavy atom. The van der Waals surface area contributed by atoms with Gasteiger partial charge < -0.3 is 10.1 Å². The highest BCUT2D eigenvalue weighted by Crippen LogP contribution is 2.30. The first-order valence-corrected chi connectivity index (χ1v) is 3.82. The predicted molar refractivity (Wildman–Crippen MR) is 43.4 cm³/mol. The Morgan fingerprint density at radius 3 is 2.53 bits per heavy atom. The van der Waals surface area contributed by atoms with Gasteiger partial charge in [0.1, 0.15) is 0 Å². The second-order valence-corrected chi connectivity index (χ2v) is 2.77. The van der Waals surface area contributed by atoms with E-state index in [-0.39, 0.29) is 0 Å². The van der Waals surface area contributed by atoms with Crippen LogP contribution in [0.5, 0.6) is 0 Å². The molecule has 0 aliphatic rings. The average molecular weight is 221 g/mol. The van der Waals surface area contributed by atoms with E-state index in [9.17, 15) is 22.8 Å². The van der Waals surface area contributed by atoms with Gasteiger partial charge in [-0.15, -0.1) is 0 Å². The number of rotatable bonds is 2. The summed E-state index contributed by atoms with van der Waals surface area (Å²) < 4.78 is 37.0. The van der Waals surface area contributed by atoms with E-state index in [1.807, 2.05) is 4.98 Å². The molecule has 1 aromatic rings. The lowest BCUT2D eigenvalue weighted by atomic mass is 10.1. The summed E-state index contributed by atoms with van der Waals surface area (Å²) in [6, 6.07) is 0.639. The smallest absolute Gasteiger partial charge is 0.416 e. The number of carboxylic acid groups (broad SMARTS) is 1. The van der Waals surface area contributed by atoms with E-state index in [4.69, 9.17) is 5.11 Å². The summed E-state index contributed by atoms with van der Waals surface area (Å²) in [5.74, 6) is -1.49. The molecule has 0 fully saturated rings. The van der Waals surface area contributed by atoms with Gasteiger partial charge in [0.15, 0.2) is 0 Å². The molecule has 0 unspecified atom stereocenters. The minimum absolute atomic E-state index is 0.639. The summed E-state index contributed by atoms with van der Waals surface area (Å²) in [5, 5.41) is 8.36. The lowest BCUT2D eigenvalue weighted by Gasteiger charge is -2.09. The zero-order chi connectivity index (χ0) is 11.6. The summed E-state index contributed by atoms with van der Waals surface area (Å²) in [6.07, 6.45) is -4.85. The molecule has 15 heavy (non-hydrogen) atoms. The van der Waals surface area contributed by atoms with Crippen molar-refractivity contribution in [2.24, 2.45) is 0 Å². The Morgan fingerprint density at radius 1 is 1.47 bits per heavy atom. The van der Waals surface area contributed by atoms with E-state index in [2.05, 4.69) is 0 Å². The molecule has 1 heterocycles. The van der Waals surface area contributed by atoms with Crippen LogP contribution in [-0.4, -0.2) is 16.1 Å². The van der Waals surface area contributed by atoms with Crippen molar-refractivity contribution in [3.8, 4) is 0 Å². The number of aromatic nitrogens is 1. The van der Waals surface area contributed by atoms with Gasteiger partial charge in [-0.1, -0.05) is 0 Å². The lowest BCUT2D eigenvalue weighted by Crippen LogP contribution is -2.22. The first kappa shape index (κ1) is 11.3. The van der Waals surface area contributed by atoms with Crippen LogP contribution in [0, 0.1) is 0 Å². The molecule has 82 valence electrons. The van der Waals surface area contributed by atoms with Gasteiger partial charge in [-0.3, -0.25) is 9.59 Å². The number of aliphatic carboxylic acids is 1. The Kier molecular flexibility index (Phi) is 2.83. The van der Waals surface area contributed by atoms with Crippen LogP contribution in [0.3, 0.4) is 0 Å². The molecule has 0 atom stereocenters. The van der Waals surface area contributed by atoms with Gasteiger partial charge >= 0.3 is 12.1 Å². The number of aromatic amines is 1. The molecule has 0 aliphatic heterocycles. The van der Waals surface area contributed by atoms with Crippen molar-refractivity contribution < 1.29 is 23.1 Å². The van der Waals surface area contributed by atoms with E-state index in [1.165, 1.54) is 0 Å². The SMILES string of the molecule is O=C(O)Cc1c(C(F)(F)F)cc[nH]c1=O. The van der Waals surface area contributed by atoms with Gasteiger partial charge in [0.2, 0.25) is 0 Å². The van der Waals surface area contributed by atoms with E-state index in [0.29, 0.717) is 6.07 Å². The first-order valence-electron chi connectivity index (χ1n) is 3.82. The van der Waals surface area contributed by atoms with Gasteiger partial charge in [-0.05, 0) is 6.07 Å². The molecule has 1 aromatic heterocycles. The molecule has 0 saturated carbocycles. The van der Waals surface area contributed by atoms with Crippen LogP contribution >= 0.6 is 0 Å². The molecular formula is C8H6F3NO3. The molecule has 0 spiro atoms. The fourth-order valence-electron chi connectivity index (χ4n) is 1.10. The molecule has 7 heteroatoms. The number of halogens is 3. The van der Waals surface area contributed by atoms with Crippen molar-refractivity contribution >= 4 is 5.97 Å². The van der Waals surface area contributed by atoms with E-state index >= 15 is 0 Å². The summed E-state index contributed by atoms with van der Waals surface area (Å²) in [6.45, 7) is 0. The fraction of sp³-hybridized carbons (Fsp3) is 0.250. The fourth-order valence-corrected chi connectivity index (χ4v) is 1.10. The number of carbonyl (C=O) groups is 1. The van der Waals surface area contributed by atoms with Crippen molar-refractivity contribution in [3.63, 3.8) is 0 Å². The number of alkyl halides is 3. The minimum atomic E-state index is -4.72. The number of pyridine rings is 1. The molecule has 2 N–H and O–H groups in total. The highest BCUT2D eigenvalue weighted by atomic mass is 19.4. The number of H-pyrrole nitrogens is 1. The van der Waals surface area contributed by atoms with Crippen molar-refractivity contribution in [3.05, 3.63) is 33.7 Å². The van der Waals surface area contributed by atoms with E-state index in [0.717, 1.165) is 6.20 Å². The Balaban J connectivity index is 3.33. The Labute approximate surface area is 81.4 Å². The van der Waals surface area contributed by atoms with E-state index in [1.54, 1.807) is 0 Å². The van der Waals surface area contributed by atoms with Gasteiger partial charge in [0, 0.05) is 11.8 Å².